The molecule has 158 valence electrons. The number of aliphatic carboxylic acids is 1. The SMILES string of the molecule is CCC(N=C(N)N)Oc1ccc2c(c1)N(Cc1ccccc1)C(=O)C(CC(=O)O)C2. The first-order valence-corrected chi connectivity index (χ1v) is 9.82. The summed E-state index contributed by atoms with van der Waals surface area (Å²) in [5.74, 6) is -1.32. The number of hydrogen-bond acceptors (Lipinski definition) is 4. The smallest absolute Gasteiger partial charge is 0.304 e. The Bertz CT molecular complexity index is 941. The average molecular weight is 410 g/mol. The highest BCUT2D eigenvalue weighted by atomic mass is 16.5. The van der Waals surface area contributed by atoms with E-state index in [9.17, 15) is 14.7 Å². The number of carbonyl (C=O) groups excluding carboxylic acids is 1. The molecule has 0 saturated carbocycles. The minimum absolute atomic E-state index is 0.0581. The van der Waals surface area contributed by atoms with Crippen LogP contribution < -0.4 is 21.1 Å². The van der Waals surface area contributed by atoms with Crippen molar-refractivity contribution < 1.29 is 19.4 Å². The highest BCUT2D eigenvalue weighted by molar-refractivity contribution is 5.99. The van der Waals surface area contributed by atoms with Gasteiger partial charge in [0.15, 0.2) is 12.2 Å². The molecule has 1 amide bonds. The summed E-state index contributed by atoms with van der Waals surface area (Å²) in [6, 6.07) is 15.0. The van der Waals surface area contributed by atoms with Crippen molar-refractivity contribution in [2.45, 2.75) is 39.0 Å². The number of carbonyl (C=O) groups is 2. The van der Waals surface area contributed by atoms with Gasteiger partial charge in [0.1, 0.15) is 5.75 Å². The van der Waals surface area contributed by atoms with Crippen molar-refractivity contribution in [3.8, 4) is 5.75 Å². The third-order valence-electron chi connectivity index (χ3n) is 4.95. The van der Waals surface area contributed by atoms with Crippen molar-refractivity contribution in [3.63, 3.8) is 0 Å². The predicted octanol–water partition coefficient (Wildman–Crippen LogP) is 2.26. The summed E-state index contributed by atoms with van der Waals surface area (Å²) in [5.41, 5.74) is 13.5. The number of anilines is 1. The second-order valence-electron chi connectivity index (χ2n) is 7.23. The quantitative estimate of drug-likeness (QED) is 0.452. The number of fused-ring (bicyclic) bond motifs is 1. The number of hydrogen-bond donors (Lipinski definition) is 3. The van der Waals surface area contributed by atoms with Crippen LogP contribution in [0.4, 0.5) is 5.69 Å². The number of guanidine groups is 1. The number of amides is 1. The Labute approximate surface area is 175 Å². The van der Waals surface area contributed by atoms with Crippen LogP contribution in [0.1, 0.15) is 30.9 Å². The highest BCUT2D eigenvalue weighted by Gasteiger charge is 2.34. The number of ether oxygens (including phenoxy) is 1. The Morgan fingerprint density at radius 1 is 1.27 bits per heavy atom. The molecule has 1 aliphatic heterocycles. The first-order valence-electron chi connectivity index (χ1n) is 9.82. The molecule has 5 N–H and O–H groups in total. The Hall–Kier alpha value is -3.55. The fourth-order valence-corrected chi connectivity index (χ4v) is 3.56. The van der Waals surface area contributed by atoms with Gasteiger partial charge in [-0.05, 0) is 23.6 Å². The van der Waals surface area contributed by atoms with Gasteiger partial charge in [0.05, 0.1) is 24.6 Å². The van der Waals surface area contributed by atoms with Gasteiger partial charge >= 0.3 is 5.97 Å². The van der Waals surface area contributed by atoms with Crippen LogP contribution in [0.5, 0.6) is 5.75 Å². The standard InChI is InChI=1S/C22H26N4O4/c1-2-19(25-22(23)24)30-17-9-8-15-10-16(11-20(27)28)21(29)26(18(15)12-17)13-14-6-4-3-5-7-14/h3-9,12,16,19H,2,10-11,13H2,1H3,(H,27,28)(H4,23,24,25). The van der Waals surface area contributed by atoms with Crippen LogP contribution >= 0.6 is 0 Å². The van der Waals surface area contributed by atoms with Crippen LogP contribution in [0.15, 0.2) is 53.5 Å². The zero-order valence-corrected chi connectivity index (χ0v) is 16.8. The molecule has 0 aromatic heterocycles. The predicted molar refractivity (Wildman–Crippen MR) is 114 cm³/mol. The van der Waals surface area contributed by atoms with Gasteiger partial charge in [-0.25, -0.2) is 4.99 Å². The zero-order valence-electron chi connectivity index (χ0n) is 16.8. The molecule has 0 fully saturated rings. The van der Waals surface area contributed by atoms with E-state index in [0.717, 1.165) is 11.1 Å². The van der Waals surface area contributed by atoms with Gasteiger partial charge in [-0.1, -0.05) is 43.3 Å². The fourth-order valence-electron chi connectivity index (χ4n) is 3.56. The van der Waals surface area contributed by atoms with Gasteiger partial charge in [0, 0.05) is 12.5 Å². The highest BCUT2D eigenvalue weighted by Crippen LogP contribution is 2.36. The lowest BCUT2D eigenvalue weighted by Gasteiger charge is -2.34. The summed E-state index contributed by atoms with van der Waals surface area (Å²) in [6.07, 6.45) is 0.207. The van der Waals surface area contributed by atoms with E-state index in [0.29, 0.717) is 30.8 Å². The third kappa shape index (κ3) is 5.08. The van der Waals surface area contributed by atoms with E-state index in [1.54, 1.807) is 17.0 Å². The molecule has 8 nitrogen and oxygen atoms in total. The third-order valence-corrected chi connectivity index (χ3v) is 4.95. The number of aliphatic imine (C=N–C) groups is 1. The molecule has 1 heterocycles. The maximum absolute atomic E-state index is 13.1. The number of nitrogens with zero attached hydrogens (tertiary/aromatic N) is 2. The molecule has 2 atom stereocenters. The molecule has 30 heavy (non-hydrogen) atoms. The number of nitrogens with two attached hydrogens (primary N) is 2. The molecule has 0 saturated heterocycles. The number of rotatable bonds is 8. The summed E-state index contributed by atoms with van der Waals surface area (Å²) >= 11 is 0. The fraction of sp³-hybridized carbons (Fsp3) is 0.318. The summed E-state index contributed by atoms with van der Waals surface area (Å²) in [4.78, 5) is 30.1. The average Bonchev–Trinajstić information content (AvgIpc) is 2.71. The normalized spacial score (nSPS) is 16.5. The summed E-state index contributed by atoms with van der Waals surface area (Å²) in [5, 5.41) is 9.23. The van der Waals surface area contributed by atoms with E-state index in [1.807, 2.05) is 43.3 Å². The van der Waals surface area contributed by atoms with Gasteiger partial charge in [-0.15, -0.1) is 0 Å². The van der Waals surface area contributed by atoms with Crippen LogP contribution in [-0.4, -0.2) is 29.2 Å². The van der Waals surface area contributed by atoms with Crippen LogP contribution in [0.25, 0.3) is 0 Å². The molecule has 0 radical (unpaired) electrons. The molecule has 3 rings (SSSR count). The Morgan fingerprint density at radius 3 is 2.63 bits per heavy atom. The van der Waals surface area contributed by atoms with Crippen molar-refractivity contribution in [2.24, 2.45) is 22.4 Å². The van der Waals surface area contributed by atoms with Crippen LogP contribution in [0, 0.1) is 5.92 Å². The maximum Gasteiger partial charge on any atom is 0.304 e. The lowest BCUT2D eigenvalue weighted by molar-refractivity contribution is -0.140. The van der Waals surface area contributed by atoms with Gasteiger partial charge < -0.3 is 26.2 Å². The molecule has 8 heteroatoms. The number of carboxylic acids is 1. The molecule has 0 aliphatic carbocycles. The van der Waals surface area contributed by atoms with Gasteiger partial charge in [-0.3, -0.25) is 9.59 Å². The van der Waals surface area contributed by atoms with E-state index in [1.165, 1.54) is 0 Å². The van der Waals surface area contributed by atoms with E-state index in [4.69, 9.17) is 16.2 Å². The lowest BCUT2D eigenvalue weighted by Crippen LogP contribution is -2.41. The van der Waals surface area contributed by atoms with Gasteiger partial charge in [0.2, 0.25) is 5.91 Å². The van der Waals surface area contributed by atoms with Gasteiger partial charge in [0.25, 0.3) is 0 Å². The second-order valence-corrected chi connectivity index (χ2v) is 7.23. The van der Waals surface area contributed by atoms with Crippen molar-refractivity contribution in [1.82, 2.24) is 0 Å². The van der Waals surface area contributed by atoms with Crippen molar-refractivity contribution in [2.75, 3.05) is 4.90 Å². The molecule has 2 aromatic rings. The van der Waals surface area contributed by atoms with E-state index >= 15 is 0 Å². The van der Waals surface area contributed by atoms with E-state index in [-0.39, 0.29) is 18.3 Å². The monoisotopic (exact) mass is 410 g/mol. The number of carboxylic acid groups (broad SMARTS) is 1. The topological polar surface area (TPSA) is 131 Å². The number of benzene rings is 2. The summed E-state index contributed by atoms with van der Waals surface area (Å²) in [7, 11) is 0. The van der Waals surface area contributed by atoms with Crippen LogP contribution in [-0.2, 0) is 22.6 Å². The Kier molecular flexibility index (Phi) is 6.56. The summed E-state index contributed by atoms with van der Waals surface area (Å²) in [6.45, 7) is 2.24. The maximum atomic E-state index is 13.1. The largest absolute Gasteiger partial charge is 0.481 e. The Morgan fingerprint density at radius 2 is 2.00 bits per heavy atom. The van der Waals surface area contributed by atoms with Crippen LogP contribution in [0.2, 0.25) is 0 Å². The van der Waals surface area contributed by atoms with E-state index < -0.39 is 18.1 Å². The molecular formula is C22H26N4O4. The molecule has 1 aliphatic rings. The van der Waals surface area contributed by atoms with Crippen molar-refractivity contribution >= 4 is 23.5 Å². The first kappa shape index (κ1) is 21.2. The minimum atomic E-state index is -0.987. The van der Waals surface area contributed by atoms with Crippen molar-refractivity contribution in [3.05, 3.63) is 59.7 Å². The zero-order chi connectivity index (χ0) is 21.7. The van der Waals surface area contributed by atoms with Crippen LogP contribution in [0.3, 0.4) is 0 Å². The Balaban J connectivity index is 1.95. The van der Waals surface area contributed by atoms with Gasteiger partial charge in [-0.2, -0.15) is 0 Å². The second kappa shape index (κ2) is 9.30. The molecule has 2 unspecified atom stereocenters. The van der Waals surface area contributed by atoms with E-state index in [2.05, 4.69) is 4.99 Å². The first-order chi connectivity index (χ1) is 14.4. The summed E-state index contributed by atoms with van der Waals surface area (Å²) < 4.78 is 5.89. The lowest BCUT2D eigenvalue weighted by atomic mass is 9.89. The minimum Gasteiger partial charge on any atom is -0.481 e. The van der Waals surface area contributed by atoms with Crippen molar-refractivity contribution in [1.29, 1.82) is 0 Å². The molecular weight excluding hydrogens is 384 g/mol. The molecule has 0 spiro atoms. The molecule has 2 aromatic carbocycles. The molecule has 0 bridgehead atoms.